The van der Waals surface area contributed by atoms with Crippen LogP contribution in [0.25, 0.3) is 6.08 Å². The minimum Gasteiger partial charge on any atom is -0.379 e. The van der Waals surface area contributed by atoms with Crippen molar-refractivity contribution in [2.45, 2.75) is 26.1 Å². The second-order valence-corrected chi connectivity index (χ2v) is 9.53. The van der Waals surface area contributed by atoms with E-state index >= 15 is 0 Å². The number of hydrogen-bond acceptors (Lipinski definition) is 5. The number of rotatable bonds is 10. The number of benzene rings is 2. The number of hydrogen-bond donors (Lipinski definition) is 1. The Labute approximate surface area is 227 Å². The zero-order valence-corrected chi connectivity index (χ0v) is 22.0. The highest BCUT2D eigenvalue weighted by Gasteiger charge is 2.29. The lowest BCUT2D eigenvalue weighted by atomic mass is 10.1. The van der Waals surface area contributed by atoms with Crippen LogP contribution >= 0.6 is 0 Å². The summed E-state index contributed by atoms with van der Waals surface area (Å²) in [4.78, 5) is 21.5. The number of carbonyl (C=O) groups excluding carboxylic acids is 1. The molecule has 3 aromatic rings. The number of halogens is 3. The van der Waals surface area contributed by atoms with Crippen LogP contribution in [0.4, 0.5) is 24.5 Å². The van der Waals surface area contributed by atoms with Crippen LogP contribution in [0.5, 0.6) is 0 Å². The Morgan fingerprint density at radius 1 is 1.05 bits per heavy atom. The van der Waals surface area contributed by atoms with Crippen LogP contribution in [0.2, 0.25) is 0 Å². The van der Waals surface area contributed by atoms with E-state index in [0.29, 0.717) is 18.7 Å². The Hall–Kier alpha value is -3.69. The largest absolute Gasteiger partial charge is 0.416 e. The fourth-order valence-electron chi connectivity index (χ4n) is 4.34. The smallest absolute Gasteiger partial charge is 0.379 e. The molecule has 1 aliphatic rings. The quantitative estimate of drug-likeness (QED) is 0.325. The van der Waals surface area contributed by atoms with Crippen LogP contribution in [0.3, 0.4) is 0 Å². The third kappa shape index (κ3) is 8.94. The zero-order chi connectivity index (χ0) is 27.7. The molecule has 0 atom stereocenters. The van der Waals surface area contributed by atoms with E-state index in [-0.39, 0.29) is 5.91 Å². The molecule has 1 fully saturated rings. The van der Waals surface area contributed by atoms with Crippen molar-refractivity contribution < 1.29 is 22.7 Å². The second-order valence-electron chi connectivity index (χ2n) is 9.53. The molecule has 0 aliphatic carbocycles. The predicted molar refractivity (Wildman–Crippen MR) is 146 cm³/mol. The van der Waals surface area contributed by atoms with Gasteiger partial charge in [-0.1, -0.05) is 24.3 Å². The number of aryl methyl sites for hydroxylation is 1. The lowest BCUT2D eigenvalue weighted by molar-refractivity contribution is -0.137. The third-order valence-corrected chi connectivity index (χ3v) is 6.49. The lowest BCUT2D eigenvalue weighted by Crippen LogP contribution is -2.38. The van der Waals surface area contributed by atoms with E-state index in [0.717, 1.165) is 74.0 Å². The number of aromatic nitrogens is 1. The van der Waals surface area contributed by atoms with Gasteiger partial charge in [-0.2, -0.15) is 13.2 Å². The van der Waals surface area contributed by atoms with Crippen molar-refractivity contribution in [3.05, 3.63) is 95.3 Å². The summed E-state index contributed by atoms with van der Waals surface area (Å²) in [6.07, 6.45) is 1.16. The average Bonchev–Trinajstić information content (AvgIpc) is 2.92. The third-order valence-electron chi connectivity index (χ3n) is 6.49. The molecular weight excluding hydrogens is 505 g/mol. The normalized spacial score (nSPS) is 14.5. The summed E-state index contributed by atoms with van der Waals surface area (Å²) < 4.78 is 44.0. The van der Waals surface area contributed by atoms with E-state index in [1.165, 1.54) is 18.2 Å². The van der Waals surface area contributed by atoms with E-state index < -0.39 is 11.7 Å². The molecule has 39 heavy (non-hydrogen) atoms. The highest BCUT2D eigenvalue weighted by atomic mass is 19.4. The van der Waals surface area contributed by atoms with Gasteiger partial charge in [-0.05, 0) is 66.9 Å². The molecule has 206 valence electrons. The van der Waals surface area contributed by atoms with Gasteiger partial charge >= 0.3 is 6.18 Å². The van der Waals surface area contributed by atoms with Crippen molar-refractivity contribution in [1.82, 2.24) is 14.8 Å². The number of nitrogens with one attached hydrogen (secondary N) is 1. The molecule has 6 nitrogen and oxygen atoms in total. The summed E-state index contributed by atoms with van der Waals surface area (Å²) in [5, 5.41) is 3.35. The minimum absolute atomic E-state index is 0.189. The molecule has 0 radical (unpaired) electrons. The van der Waals surface area contributed by atoms with Gasteiger partial charge < -0.3 is 15.0 Å². The van der Waals surface area contributed by atoms with Crippen molar-refractivity contribution in [1.29, 1.82) is 0 Å². The van der Waals surface area contributed by atoms with Gasteiger partial charge in [-0.15, -0.1) is 0 Å². The van der Waals surface area contributed by atoms with E-state index in [9.17, 15) is 18.0 Å². The average molecular weight is 539 g/mol. The number of amides is 1. The molecule has 1 N–H and O–H groups in total. The molecule has 9 heteroatoms. The van der Waals surface area contributed by atoms with E-state index in [1.54, 1.807) is 17.2 Å². The summed E-state index contributed by atoms with van der Waals surface area (Å²) in [5.74, 6) is -0.189. The molecule has 1 saturated heterocycles. The second kappa shape index (κ2) is 13.4. The van der Waals surface area contributed by atoms with Crippen LogP contribution < -0.4 is 5.32 Å². The topological polar surface area (TPSA) is 57.7 Å². The van der Waals surface area contributed by atoms with Gasteiger partial charge in [0.05, 0.1) is 18.8 Å². The van der Waals surface area contributed by atoms with E-state index in [4.69, 9.17) is 4.74 Å². The van der Waals surface area contributed by atoms with Crippen molar-refractivity contribution in [3.63, 3.8) is 0 Å². The maximum absolute atomic E-state index is 13.2. The Morgan fingerprint density at radius 2 is 1.77 bits per heavy atom. The molecule has 4 rings (SSSR count). The Bertz CT molecular complexity index is 1240. The molecule has 0 unspecified atom stereocenters. The van der Waals surface area contributed by atoms with E-state index in [2.05, 4.69) is 15.2 Å². The number of morpholine rings is 1. The van der Waals surface area contributed by atoms with Crippen LogP contribution in [-0.2, 0) is 22.3 Å². The van der Waals surface area contributed by atoms with Crippen molar-refractivity contribution in [2.24, 2.45) is 0 Å². The van der Waals surface area contributed by atoms with Crippen LogP contribution in [0, 0.1) is 6.92 Å². The van der Waals surface area contributed by atoms with Gasteiger partial charge in [0.2, 0.25) is 5.91 Å². The maximum Gasteiger partial charge on any atom is 0.416 e. The number of ether oxygens (including phenoxy) is 1. The van der Waals surface area contributed by atoms with E-state index in [1.807, 2.05) is 43.3 Å². The maximum atomic E-state index is 13.2. The van der Waals surface area contributed by atoms with Gasteiger partial charge in [-0.25, -0.2) is 0 Å². The first-order valence-electron chi connectivity index (χ1n) is 13.0. The summed E-state index contributed by atoms with van der Waals surface area (Å²) in [6.45, 7) is 6.99. The molecule has 0 saturated carbocycles. The van der Waals surface area contributed by atoms with Gasteiger partial charge in [0.25, 0.3) is 0 Å². The van der Waals surface area contributed by atoms with Gasteiger partial charge in [0, 0.05) is 62.1 Å². The van der Waals surface area contributed by atoms with Gasteiger partial charge in [-0.3, -0.25) is 14.7 Å². The summed E-state index contributed by atoms with van der Waals surface area (Å²) >= 11 is 0. The standard InChI is InChI=1S/C30H33F3N4O2/c1-23-21-28(13-14-34-23)35-27-10-5-25(6-11-27)22-37(16-2-15-36-17-19-39-20-18-36)29(38)12-7-24-3-8-26(9-4-24)30(31,32)33/h3-14,21H,2,15-20,22H2,1H3,(H,34,35)/b12-7+. The first-order chi connectivity index (χ1) is 18.8. The summed E-state index contributed by atoms with van der Waals surface area (Å²) in [7, 11) is 0. The first kappa shape index (κ1) is 28.3. The van der Waals surface area contributed by atoms with Gasteiger partial charge in [0.1, 0.15) is 0 Å². The van der Waals surface area contributed by atoms with Crippen molar-refractivity contribution in [3.8, 4) is 0 Å². The number of pyridine rings is 1. The van der Waals surface area contributed by atoms with Gasteiger partial charge in [0.15, 0.2) is 0 Å². The highest BCUT2D eigenvalue weighted by molar-refractivity contribution is 5.91. The molecule has 2 heterocycles. The number of alkyl halides is 3. The number of carbonyl (C=O) groups is 1. The van der Waals surface area contributed by atoms with Crippen LogP contribution in [0.15, 0.2) is 72.9 Å². The molecule has 0 bridgehead atoms. The predicted octanol–water partition coefficient (Wildman–Crippen LogP) is 5.92. The Balaban J connectivity index is 1.41. The van der Waals surface area contributed by atoms with Crippen LogP contribution in [0.1, 0.15) is 28.8 Å². The minimum atomic E-state index is -4.39. The monoisotopic (exact) mass is 538 g/mol. The molecule has 1 amide bonds. The SMILES string of the molecule is Cc1cc(Nc2ccc(CN(CCCN3CCOCC3)C(=O)/C=C/c3ccc(C(F)(F)F)cc3)cc2)ccn1. The number of anilines is 2. The van der Waals surface area contributed by atoms with Crippen molar-refractivity contribution in [2.75, 3.05) is 44.7 Å². The van der Waals surface area contributed by atoms with Crippen molar-refractivity contribution >= 4 is 23.4 Å². The molecule has 0 spiro atoms. The fraction of sp³-hybridized carbons (Fsp3) is 0.333. The highest BCUT2D eigenvalue weighted by Crippen LogP contribution is 2.29. The number of nitrogens with zero attached hydrogens (tertiary/aromatic N) is 3. The summed E-state index contributed by atoms with van der Waals surface area (Å²) in [6, 6.07) is 16.6. The first-order valence-corrected chi connectivity index (χ1v) is 13.0. The molecule has 1 aromatic heterocycles. The van der Waals surface area contributed by atoms with Crippen LogP contribution in [-0.4, -0.2) is 60.1 Å². The molecule has 2 aromatic carbocycles. The molecule has 1 aliphatic heterocycles. The Morgan fingerprint density at radius 3 is 2.44 bits per heavy atom. The molecular formula is C30H33F3N4O2. The Kier molecular flexibility index (Phi) is 9.73. The lowest BCUT2D eigenvalue weighted by Gasteiger charge is -2.28. The zero-order valence-electron chi connectivity index (χ0n) is 22.0. The summed E-state index contributed by atoms with van der Waals surface area (Å²) in [5.41, 5.74) is 3.60. The fourth-order valence-corrected chi connectivity index (χ4v) is 4.34.